The van der Waals surface area contributed by atoms with Crippen LogP contribution in [0.2, 0.25) is 0 Å². The van der Waals surface area contributed by atoms with Crippen LogP contribution >= 0.6 is 0 Å². The highest BCUT2D eigenvalue weighted by Crippen LogP contribution is 2.27. The average molecular weight is 432 g/mol. The number of hydrogen-bond donors (Lipinski definition) is 0. The SMILES string of the molecule is C=C/C=C(\C=C/C)c1nc(-c2ccc(F)c(C)c2)cn1CC(=O)N1Cc2nc(C)oc2C1. The first-order valence-corrected chi connectivity index (χ1v) is 10.4. The quantitative estimate of drug-likeness (QED) is 0.515. The predicted molar refractivity (Wildman–Crippen MR) is 121 cm³/mol. The maximum Gasteiger partial charge on any atom is 0.243 e. The Labute approximate surface area is 186 Å². The molecule has 0 aliphatic carbocycles. The number of hydrogen-bond acceptors (Lipinski definition) is 4. The van der Waals surface area contributed by atoms with Crippen LogP contribution < -0.4 is 0 Å². The van der Waals surface area contributed by atoms with E-state index in [0.717, 1.165) is 22.6 Å². The zero-order valence-electron chi connectivity index (χ0n) is 18.4. The number of imidazole rings is 1. The third-order valence-electron chi connectivity index (χ3n) is 5.35. The molecule has 0 N–H and O–H groups in total. The number of aryl methyl sites for hydroxylation is 2. The van der Waals surface area contributed by atoms with Gasteiger partial charge < -0.3 is 13.9 Å². The molecule has 0 atom stereocenters. The highest BCUT2D eigenvalue weighted by molar-refractivity contribution is 5.79. The van der Waals surface area contributed by atoms with E-state index in [9.17, 15) is 9.18 Å². The zero-order chi connectivity index (χ0) is 22.8. The summed E-state index contributed by atoms with van der Waals surface area (Å²) in [7, 11) is 0. The number of nitrogens with zero attached hydrogens (tertiary/aromatic N) is 4. The minimum absolute atomic E-state index is 0.0604. The van der Waals surface area contributed by atoms with Crippen LogP contribution in [0.4, 0.5) is 4.39 Å². The third-order valence-corrected chi connectivity index (χ3v) is 5.35. The number of carbonyl (C=O) groups is 1. The number of amides is 1. The number of rotatable bonds is 6. The van der Waals surface area contributed by atoms with E-state index in [0.29, 0.717) is 36.1 Å². The summed E-state index contributed by atoms with van der Waals surface area (Å²) < 4.78 is 21.2. The lowest BCUT2D eigenvalue weighted by Crippen LogP contribution is -2.29. The van der Waals surface area contributed by atoms with Gasteiger partial charge in [0.1, 0.15) is 29.6 Å². The molecule has 164 valence electrons. The van der Waals surface area contributed by atoms with Gasteiger partial charge in [0.25, 0.3) is 0 Å². The Morgan fingerprint density at radius 2 is 2.09 bits per heavy atom. The average Bonchev–Trinajstić information content (AvgIpc) is 3.43. The van der Waals surface area contributed by atoms with Crippen molar-refractivity contribution in [3.8, 4) is 11.3 Å². The van der Waals surface area contributed by atoms with Gasteiger partial charge in [-0.15, -0.1) is 0 Å². The van der Waals surface area contributed by atoms with E-state index in [1.807, 2.05) is 35.9 Å². The molecule has 0 saturated carbocycles. The van der Waals surface area contributed by atoms with E-state index in [2.05, 4.69) is 11.6 Å². The fourth-order valence-corrected chi connectivity index (χ4v) is 3.81. The van der Waals surface area contributed by atoms with E-state index in [1.165, 1.54) is 6.07 Å². The van der Waals surface area contributed by atoms with Crippen molar-refractivity contribution in [1.82, 2.24) is 19.4 Å². The van der Waals surface area contributed by atoms with Gasteiger partial charge in [0.15, 0.2) is 5.89 Å². The molecule has 0 spiro atoms. The van der Waals surface area contributed by atoms with Crippen molar-refractivity contribution >= 4 is 11.5 Å². The van der Waals surface area contributed by atoms with Crippen LogP contribution in [0.5, 0.6) is 0 Å². The number of oxazole rings is 1. The summed E-state index contributed by atoms with van der Waals surface area (Å²) >= 11 is 0. The summed E-state index contributed by atoms with van der Waals surface area (Å²) in [6.45, 7) is 10.2. The molecule has 0 bridgehead atoms. The normalized spacial score (nSPS) is 13.8. The van der Waals surface area contributed by atoms with Crippen LogP contribution in [-0.4, -0.2) is 25.3 Å². The molecule has 1 aromatic carbocycles. The number of carbonyl (C=O) groups excluding carboxylic acids is 1. The summed E-state index contributed by atoms with van der Waals surface area (Å²) in [5.41, 5.74) is 3.63. The number of fused-ring (bicyclic) bond motifs is 1. The van der Waals surface area contributed by atoms with Crippen LogP contribution in [0, 0.1) is 19.7 Å². The van der Waals surface area contributed by atoms with Gasteiger partial charge in [0.05, 0.1) is 18.8 Å². The molecule has 4 rings (SSSR count). The Morgan fingerprint density at radius 3 is 2.78 bits per heavy atom. The van der Waals surface area contributed by atoms with Gasteiger partial charge in [-0.3, -0.25) is 4.79 Å². The Hall–Kier alpha value is -3.74. The van der Waals surface area contributed by atoms with Crippen molar-refractivity contribution in [3.63, 3.8) is 0 Å². The van der Waals surface area contributed by atoms with Gasteiger partial charge in [0, 0.05) is 24.3 Å². The number of allylic oxidation sites excluding steroid dienone is 5. The first-order valence-electron chi connectivity index (χ1n) is 10.4. The van der Waals surface area contributed by atoms with Crippen LogP contribution in [0.3, 0.4) is 0 Å². The topological polar surface area (TPSA) is 64.2 Å². The molecular formula is C25H25FN4O2. The second kappa shape index (κ2) is 8.78. The Morgan fingerprint density at radius 1 is 1.28 bits per heavy atom. The fourth-order valence-electron chi connectivity index (χ4n) is 3.81. The minimum Gasteiger partial charge on any atom is -0.444 e. The summed E-state index contributed by atoms with van der Waals surface area (Å²) in [5, 5.41) is 0. The summed E-state index contributed by atoms with van der Waals surface area (Å²) in [6, 6.07) is 4.88. The second-order valence-electron chi connectivity index (χ2n) is 7.75. The fraction of sp³-hybridized carbons (Fsp3) is 0.240. The lowest BCUT2D eigenvalue weighted by Gasteiger charge is -2.16. The van der Waals surface area contributed by atoms with Gasteiger partial charge in [0.2, 0.25) is 5.91 Å². The highest BCUT2D eigenvalue weighted by Gasteiger charge is 2.28. The van der Waals surface area contributed by atoms with Gasteiger partial charge >= 0.3 is 0 Å². The molecule has 0 unspecified atom stereocenters. The maximum absolute atomic E-state index is 13.8. The van der Waals surface area contributed by atoms with Crippen molar-refractivity contribution in [2.45, 2.75) is 40.4 Å². The van der Waals surface area contributed by atoms with Crippen LogP contribution in [0.1, 0.15) is 35.7 Å². The van der Waals surface area contributed by atoms with E-state index >= 15 is 0 Å². The monoisotopic (exact) mass is 432 g/mol. The molecule has 6 nitrogen and oxygen atoms in total. The maximum atomic E-state index is 13.8. The van der Waals surface area contributed by atoms with Crippen molar-refractivity contribution in [2.75, 3.05) is 0 Å². The summed E-state index contributed by atoms with van der Waals surface area (Å²) in [6.07, 6.45) is 9.19. The van der Waals surface area contributed by atoms with E-state index in [4.69, 9.17) is 9.40 Å². The molecule has 32 heavy (non-hydrogen) atoms. The van der Waals surface area contributed by atoms with E-state index < -0.39 is 0 Å². The number of halogens is 1. The molecule has 0 radical (unpaired) electrons. The molecule has 7 heteroatoms. The molecule has 0 fully saturated rings. The van der Waals surface area contributed by atoms with Crippen molar-refractivity contribution in [3.05, 3.63) is 89.8 Å². The van der Waals surface area contributed by atoms with Gasteiger partial charge in [-0.2, -0.15) is 0 Å². The Kier molecular flexibility index (Phi) is 5.90. The van der Waals surface area contributed by atoms with E-state index in [-0.39, 0.29) is 18.3 Å². The first-order chi connectivity index (χ1) is 15.4. The number of aromatic nitrogens is 3. The van der Waals surface area contributed by atoms with Gasteiger partial charge in [-0.05, 0) is 37.6 Å². The molecule has 1 aliphatic heterocycles. The van der Waals surface area contributed by atoms with Crippen LogP contribution in [0.25, 0.3) is 16.8 Å². The van der Waals surface area contributed by atoms with Crippen LogP contribution in [0.15, 0.2) is 59.7 Å². The molecule has 3 heterocycles. The molecule has 1 amide bonds. The molecular weight excluding hydrogens is 407 g/mol. The Bertz CT molecular complexity index is 1230. The Balaban J connectivity index is 1.67. The molecule has 0 saturated heterocycles. The zero-order valence-corrected chi connectivity index (χ0v) is 18.4. The molecule has 2 aromatic heterocycles. The summed E-state index contributed by atoms with van der Waals surface area (Å²) in [5.74, 6) is 1.67. The summed E-state index contributed by atoms with van der Waals surface area (Å²) in [4.78, 5) is 23.9. The largest absolute Gasteiger partial charge is 0.444 e. The van der Waals surface area contributed by atoms with Crippen LogP contribution in [-0.2, 0) is 24.4 Å². The van der Waals surface area contributed by atoms with Gasteiger partial charge in [-0.25, -0.2) is 14.4 Å². The lowest BCUT2D eigenvalue weighted by molar-refractivity contribution is -0.132. The first kappa shape index (κ1) is 21.5. The van der Waals surface area contributed by atoms with Gasteiger partial charge in [-0.1, -0.05) is 30.9 Å². The predicted octanol–water partition coefficient (Wildman–Crippen LogP) is 4.98. The minimum atomic E-state index is -0.264. The van der Waals surface area contributed by atoms with Crippen molar-refractivity contribution in [1.29, 1.82) is 0 Å². The second-order valence-corrected chi connectivity index (χ2v) is 7.75. The third kappa shape index (κ3) is 4.19. The number of benzene rings is 1. The molecule has 3 aromatic rings. The molecule has 1 aliphatic rings. The van der Waals surface area contributed by atoms with E-state index in [1.54, 1.807) is 37.0 Å². The van der Waals surface area contributed by atoms with Crippen molar-refractivity contribution in [2.24, 2.45) is 0 Å². The highest BCUT2D eigenvalue weighted by atomic mass is 19.1. The lowest BCUT2D eigenvalue weighted by atomic mass is 10.1. The standard InChI is InChI=1S/C25H25FN4O2/c1-5-7-18(8-6-2)25-28-21(19-9-10-20(26)16(3)11-19)12-30(25)15-24(31)29-13-22-23(14-29)32-17(4)27-22/h5-12H,1,13-15H2,2-4H3/b8-6-,18-7+. The van der Waals surface area contributed by atoms with Crippen molar-refractivity contribution < 1.29 is 13.6 Å². The smallest absolute Gasteiger partial charge is 0.243 e.